The van der Waals surface area contributed by atoms with Crippen LogP contribution in [-0.2, 0) is 6.42 Å². The van der Waals surface area contributed by atoms with Gasteiger partial charge in [0.05, 0.1) is 0 Å². The zero-order valence-corrected chi connectivity index (χ0v) is 14.0. The van der Waals surface area contributed by atoms with Gasteiger partial charge in [-0.2, -0.15) is 0 Å². The molecule has 0 bridgehead atoms. The molecule has 0 aliphatic heterocycles. The van der Waals surface area contributed by atoms with Crippen molar-refractivity contribution in [2.75, 3.05) is 12.4 Å². The lowest BCUT2D eigenvalue weighted by Gasteiger charge is -2.12. The number of aromatic nitrogens is 4. The van der Waals surface area contributed by atoms with Gasteiger partial charge in [-0.25, -0.2) is 19.9 Å². The van der Waals surface area contributed by atoms with Crippen molar-refractivity contribution in [1.29, 1.82) is 0 Å². The monoisotopic (exact) mass is 303 g/mol. The molecule has 0 atom stereocenters. The van der Waals surface area contributed by atoms with Gasteiger partial charge in [0, 0.05) is 24.0 Å². The van der Waals surface area contributed by atoms with Crippen molar-refractivity contribution in [2.45, 2.75) is 50.7 Å². The SMILES string of the molecule is CCCc1c(NC)ncnc1Sc1nc(C)c(C)c(C)n1. The molecule has 0 amide bonds. The highest BCUT2D eigenvalue weighted by Gasteiger charge is 2.14. The summed E-state index contributed by atoms with van der Waals surface area (Å²) in [5.41, 5.74) is 4.31. The lowest BCUT2D eigenvalue weighted by molar-refractivity contribution is 0.846. The molecule has 0 saturated carbocycles. The fraction of sp³-hybridized carbons (Fsp3) is 0.467. The van der Waals surface area contributed by atoms with Crippen LogP contribution in [0, 0.1) is 20.8 Å². The van der Waals surface area contributed by atoms with Crippen LogP contribution in [0.15, 0.2) is 16.5 Å². The summed E-state index contributed by atoms with van der Waals surface area (Å²) < 4.78 is 0. The first-order valence-electron chi connectivity index (χ1n) is 7.08. The molecule has 0 aromatic carbocycles. The Kier molecular flexibility index (Phi) is 5.12. The lowest BCUT2D eigenvalue weighted by atomic mass is 10.2. The summed E-state index contributed by atoms with van der Waals surface area (Å²) >= 11 is 1.51. The number of nitrogens with one attached hydrogen (secondary N) is 1. The van der Waals surface area contributed by atoms with Crippen LogP contribution >= 0.6 is 11.8 Å². The molecule has 21 heavy (non-hydrogen) atoms. The predicted octanol–water partition coefficient (Wildman–Crippen LogP) is 3.34. The van der Waals surface area contributed by atoms with Gasteiger partial charge in [0.2, 0.25) is 0 Å². The van der Waals surface area contributed by atoms with Gasteiger partial charge in [0.1, 0.15) is 17.2 Å². The summed E-state index contributed by atoms with van der Waals surface area (Å²) in [5.74, 6) is 0.884. The Labute approximate surface area is 130 Å². The third kappa shape index (κ3) is 3.50. The molecule has 2 aromatic heterocycles. The first kappa shape index (κ1) is 15.7. The van der Waals surface area contributed by atoms with Crippen LogP contribution in [0.25, 0.3) is 0 Å². The van der Waals surface area contributed by atoms with E-state index in [1.807, 2.05) is 27.8 Å². The Balaban J connectivity index is 2.39. The maximum absolute atomic E-state index is 4.56. The first-order valence-corrected chi connectivity index (χ1v) is 7.89. The third-order valence-corrected chi connectivity index (χ3v) is 4.35. The van der Waals surface area contributed by atoms with Gasteiger partial charge in [0.15, 0.2) is 5.16 Å². The van der Waals surface area contributed by atoms with Crippen LogP contribution in [-0.4, -0.2) is 27.0 Å². The zero-order chi connectivity index (χ0) is 15.4. The average Bonchev–Trinajstić information content (AvgIpc) is 2.46. The van der Waals surface area contributed by atoms with E-state index in [1.165, 1.54) is 11.8 Å². The summed E-state index contributed by atoms with van der Waals surface area (Å²) in [6.45, 7) is 8.23. The fourth-order valence-corrected chi connectivity index (χ4v) is 3.01. The summed E-state index contributed by atoms with van der Waals surface area (Å²) in [6, 6.07) is 0. The van der Waals surface area contributed by atoms with Crippen molar-refractivity contribution in [3.63, 3.8) is 0 Å². The van der Waals surface area contributed by atoms with Crippen molar-refractivity contribution in [3.05, 3.63) is 28.8 Å². The summed E-state index contributed by atoms with van der Waals surface area (Å²) in [5, 5.41) is 4.81. The second-order valence-corrected chi connectivity index (χ2v) is 5.87. The molecule has 112 valence electrons. The molecule has 0 fully saturated rings. The Morgan fingerprint density at radius 3 is 2.33 bits per heavy atom. The number of hydrogen-bond acceptors (Lipinski definition) is 6. The molecule has 0 saturated heterocycles. The Bertz CT molecular complexity index is 619. The molecule has 0 aliphatic carbocycles. The molecule has 0 unspecified atom stereocenters. The van der Waals surface area contributed by atoms with Gasteiger partial charge in [-0.05, 0) is 44.5 Å². The van der Waals surface area contributed by atoms with Crippen LogP contribution in [0.4, 0.5) is 5.82 Å². The smallest absolute Gasteiger partial charge is 0.194 e. The quantitative estimate of drug-likeness (QED) is 0.675. The van der Waals surface area contributed by atoms with E-state index in [4.69, 9.17) is 0 Å². The van der Waals surface area contributed by atoms with Gasteiger partial charge in [0.25, 0.3) is 0 Å². The average molecular weight is 303 g/mol. The maximum atomic E-state index is 4.56. The van der Waals surface area contributed by atoms with E-state index in [0.29, 0.717) is 0 Å². The van der Waals surface area contributed by atoms with Crippen LogP contribution in [0.1, 0.15) is 35.9 Å². The second kappa shape index (κ2) is 6.85. The van der Waals surface area contributed by atoms with Crippen molar-refractivity contribution in [1.82, 2.24) is 19.9 Å². The number of aryl methyl sites for hydroxylation is 2. The molecule has 0 radical (unpaired) electrons. The van der Waals surface area contributed by atoms with Gasteiger partial charge >= 0.3 is 0 Å². The molecule has 2 aromatic rings. The highest BCUT2D eigenvalue weighted by atomic mass is 32.2. The van der Waals surface area contributed by atoms with Crippen molar-refractivity contribution in [3.8, 4) is 0 Å². The van der Waals surface area contributed by atoms with Crippen LogP contribution in [0.5, 0.6) is 0 Å². The lowest BCUT2D eigenvalue weighted by Crippen LogP contribution is -2.03. The molecule has 1 N–H and O–H groups in total. The first-order chi connectivity index (χ1) is 10.1. The minimum Gasteiger partial charge on any atom is -0.373 e. The summed E-state index contributed by atoms with van der Waals surface area (Å²) in [7, 11) is 1.88. The standard InChI is InChI=1S/C15H21N5S/c1-6-7-12-13(16-5)17-8-18-14(12)21-15-19-10(3)9(2)11(4)20-15/h8H,6-7H2,1-5H3,(H,16,17,18). The number of rotatable bonds is 5. The number of nitrogens with zero attached hydrogens (tertiary/aromatic N) is 4. The van der Waals surface area contributed by atoms with Gasteiger partial charge in [-0.1, -0.05) is 13.3 Å². The Morgan fingerprint density at radius 1 is 1.10 bits per heavy atom. The van der Waals surface area contributed by atoms with E-state index in [0.717, 1.165) is 51.4 Å². The van der Waals surface area contributed by atoms with E-state index in [9.17, 15) is 0 Å². The highest BCUT2D eigenvalue weighted by molar-refractivity contribution is 7.99. The normalized spacial score (nSPS) is 10.7. The van der Waals surface area contributed by atoms with Crippen molar-refractivity contribution in [2.24, 2.45) is 0 Å². The molecule has 6 heteroatoms. The Hall–Kier alpha value is -1.69. The maximum Gasteiger partial charge on any atom is 0.194 e. The number of hydrogen-bond donors (Lipinski definition) is 1. The predicted molar refractivity (Wildman–Crippen MR) is 85.9 cm³/mol. The second-order valence-electron chi connectivity index (χ2n) is 4.91. The van der Waals surface area contributed by atoms with Crippen LogP contribution in [0.2, 0.25) is 0 Å². The fourth-order valence-electron chi connectivity index (χ4n) is 2.05. The molecule has 2 heterocycles. The van der Waals surface area contributed by atoms with Gasteiger partial charge in [-0.3, -0.25) is 0 Å². The van der Waals surface area contributed by atoms with E-state index >= 15 is 0 Å². The van der Waals surface area contributed by atoms with E-state index in [-0.39, 0.29) is 0 Å². The van der Waals surface area contributed by atoms with Crippen molar-refractivity contribution < 1.29 is 0 Å². The largest absolute Gasteiger partial charge is 0.373 e. The van der Waals surface area contributed by atoms with E-state index < -0.39 is 0 Å². The van der Waals surface area contributed by atoms with E-state index in [2.05, 4.69) is 32.2 Å². The Morgan fingerprint density at radius 2 is 1.76 bits per heavy atom. The highest BCUT2D eigenvalue weighted by Crippen LogP contribution is 2.30. The molecule has 0 aliphatic rings. The summed E-state index contributed by atoms with van der Waals surface area (Å²) in [6.07, 6.45) is 3.56. The minimum atomic E-state index is 0.744. The van der Waals surface area contributed by atoms with Crippen LogP contribution in [0.3, 0.4) is 0 Å². The molecule has 0 spiro atoms. The topological polar surface area (TPSA) is 63.6 Å². The molecule has 2 rings (SSSR count). The van der Waals surface area contributed by atoms with E-state index in [1.54, 1.807) is 6.33 Å². The zero-order valence-electron chi connectivity index (χ0n) is 13.2. The summed E-state index contributed by atoms with van der Waals surface area (Å²) in [4.78, 5) is 17.8. The number of anilines is 1. The third-order valence-electron chi connectivity index (χ3n) is 3.44. The van der Waals surface area contributed by atoms with Gasteiger partial charge < -0.3 is 5.32 Å². The van der Waals surface area contributed by atoms with Crippen molar-refractivity contribution >= 4 is 17.6 Å². The minimum absolute atomic E-state index is 0.744. The van der Waals surface area contributed by atoms with Gasteiger partial charge in [-0.15, -0.1) is 0 Å². The molecular weight excluding hydrogens is 282 g/mol. The van der Waals surface area contributed by atoms with Crippen LogP contribution < -0.4 is 5.32 Å². The molecule has 5 nitrogen and oxygen atoms in total. The molecular formula is C15H21N5S.